The molecule has 3 rings (SSSR count). The largest absolute Gasteiger partial charge is 0.339 e. The van der Waals surface area contributed by atoms with Gasteiger partial charge in [0.2, 0.25) is 5.91 Å². The van der Waals surface area contributed by atoms with Crippen molar-refractivity contribution in [1.29, 1.82) is 0 Å². The number of nitrogens with zero attached hydrogens (tertiary/aromatic N) is 3. The Hall–Kier alpha value is -3.35. The maximum Gasteiger partial charge on any atom is 0.319 e. The van der Waals surface area contributed by atoms with Crippen LogP contribution < -0.4 is 5.32 Å². The van der Waals surface area contributed by atoms with Gasteiger partial charge in [-0.25, -0.2) is 4.79 Å². The van der Waals surface area contributed by atoms with Gasteiger partial charge in [-0.05, 0) is 63.4 Å². The Morgan fingerprint density at radius 3 is 2.26 bits per heavy atom. The molecular formula is C27H36N4O3. The summed E-state index contributed by atoms with van der Waals surface area (Å²) >= 11 is 0. The highest BCUT2D eigenvalue weighted by atomic mass is 16.2. The van der Waals surface area contributed by atoms with E-state index in [1.807, 2.05) is 80.1 Å². The van der Waals surface area contributed by atoms with Crippen molar-refractivity contribution >= 4 is 23.5 Å². The maximum absolute atomic E-state index is 13.2. The van der Waals surface area contributed by atoms with Gasteiger partial charge in [0.05, 0.1) is 6.04 Å². The molecule has 0 aromatic heterocycles. The molecule has 1 saturated heterocycles. The number of amides is 4. The second-order valence-corrected chi connectivity index (χ2v) is 8.79. The number of benzene rings is 2. The lowest BCUT2D eigenvalue weighted by atomic mass is 9.94. The van der Waals surface area contributed by atoms with Gasteiger partial charge in [-0.1, -0.05) is 30.3 Å². The van der Waals surface area contributed by atoms with Crippen LogP contribution in [0.25, 0.3) is 0 Å². The van der Waals surface area contributed by atoms with E-state index in [-0.39, 0.29) is 29.8 Å². The Morgan fingerprint density at radius 2 is 1.65 bits per heavy atom. The number of carbonyl (C=O) groups is 3. The maximum atomic E-state index is 13.2. The number of urea groups is 1. The van der Waals surface area contributed by atoms with E-state index in [1.54, 1.807) is 17.0 Å². The average molecular weight is 465 g/mol. The van der Waals surface area contributed by atoms with Gasteiger partial charge >= 0.3 is 6.03 Å². The first kappa shape index (κ1) is 25.3. The van der Waals surface area contributed by atoms with E-state index >= 15 is 0 Å². The highest BCUT2D eigenvalue weighted by Crippen LogP contribution is 2.27. The van der Waals surface area contributed by atoms with Crippen LogP contribution in [0.5, 0.6) is 0 Å². The molecule has 1 heterocycles. The molecule has 1 atom stereocenters. The molecule has 2 aromatic carbocycles. The minimum absolute atomic E-state index is 0.0620. The summed E-state index contributed by atoms with van der Waals surface area (Å²) in [6.45, 7) is 8.56. The van der Waals surface area contributed by atoms with Crippen molar-refractivity contribution in [3.05, 3.63) is 65.7 Å². The molecule has 1 N–H and O–H groups in total. The minimum Gasteiger partial charge on any atom is -0.339 e. The Morgan fingerprint density at radius 1 is 1.00 bits per heavy atom. The van der Waals surface area contributed by atoms with Crippen LogP contribution in [0.1, 0.15) is 55.6 Å². The minimum atomic E-state index is -0.166. The second-order valence-electron chi connectivity index (χ2n) is 8.79. The molecule has 7 nitrogen and oxygen atoms in total. The van der Waals surface area contributed by atoms with Crippen LogP contribution in [0.4, 0.5) is 10.5 Å². The number of hydrogen-bond acceptors (Lipinski definition) is 3. The molecule has 1 unspecified atom stereocenters. The van der Waals surface area contributed by atoms with Crippen LogP contribution in [-0.2, 0) is 4.79 Å². The van der Waals surface area contributed by atoms with Crippen LogP contribution in [0.3, 0.4) is 0 Å². The van der Waals surface area contributed by atoms with E-state index in [9.17, 15) is 14.4 Å². The summed E-state index contributed by atoms with van der Waals surface area (Å²) in [7, 11) is 1.83. The van der Waals surface area contributed by atoms with Gasteiger partial charge in [-0.3, -0.25) is 9.59 Å². The molecule has 1 fully saturated rings. The molecule has 0 bridgehead atoms. The Bertz CT molecular complexity index is 982. The SMILES string of the molecule is CCN(CC)C(=O)N1CCC(C(=O)N(C)C(C)c2cccc(NC(=O)c3ccccc3)c2)CC1. The fourth-order valence-electron chi connectivity index (χ4n) is 4.38. The molecular weight excluding hydrogens is 428 g/mol. The molecule has 4 amide bonds. The Kier molecular flexibility index (Phi) is 8.68. The summed E-state index contributed by atoms with van der Waals surface area (Å²) < 4.78 is 0. The molecule has 0 spiro atoms. The zero-order valence-corrected chi connectivity index (χ0v) is 20.7. The van der Waals surface area contributed by atoms with Crippen LogP contribution in [0.15, 0.2) is 54.6 Å². The topological polar surface area (TPSA) is 73.0 Å². The van der Waals surface area contributed by atoms with Gasteiger partial charge in [-0.2, -0.15) is 0 Å². The number of rotatable bonds is 7. The predicted molar refractivity (Wildman–Crippen MR) is 135 cm³/mol. The standard InChI is InChI=1S/C27H36N4O3/c1-5-30(6-2)27(34)31-17-15-22(16-18-31)26(33)29(4)20(3)23-13-10-14-24(19-23)28-25(32)21-11-8-7-9-12-21/h7-14,19-20,22H,5-6,15-18H2,1-4H3,(H,28,32). The molecule has 1 aliphatic heterocycles. The van der Waals surface area contributed by atoms with E-state index in [1.165, 1.54) is 0 Å². The number of likely N-dealkylation sites (tertiary alicyclic amines) is 1. The van der Waals surface area contributed by atoms with E-state index in [2.05, 4.69) is 5.32 Å². The molecule has 34 heavy (non-hydrogen) atoms. The Labute approximate surface area is 202 Å². The number of hydrogen-bond donors (Lipinski definition) is 1. The third-order valence-electron chi connectivity index (χ3n) is 6.74. The van der Waals surface area contributed by atoms with Gasteiger partial charge in [0.1, 0.15) is 0 Å². The summed E-state index contributed by atoms with van der Waals surface area (Å²) in [5.74, 6) is -0.156. The first-order valence-corrected chi connectivity index (χ1v) is 12.1. The van der Waals surface area contributed by atoms with E-state index in [0.717, 1.165) is 5.56 Å². The second kappa shape index (κ2) is 11.7. The molecule has 182 valence electrons. The van der Waals surface area contributed by atoms with Gasteiger partial charge in [0.25, 0.3) is 5.91 Å². The molecule has 7 heteroatoms. The van der Waals surface area contributed by atoms with Crippen molar-refractivity contribution < 1.29 is 14.4 Å². The first-order chi connectivity index (χ1) is 16.3. The lowest BCUT2D eigenvalue weighted by Gasteiger charge is -2.37. The fraction of sp³-hybridized carbons (Fsp3) is 0.444. The fourth-order valence-corrected chi connectivity index (χ4v) is 4.38. The third-order valence-corrected chi connectivity index (χ3v) is 6.74. The van der Waals surface area contributed by atoms with E-state index in [4.69, 9.17) is 0 Å². The summed E-state index contributed by atoms with van der Waals surface area (Å²) in [6, 6.07) is 16.6. The van der Waals surface area contributed by atoms with Gasteiger partial charge in [0, 0.05) is 50.4 Å². The third kappa shape index (κ3) is 5.95. The van der Waals surface area contributed by atoms with Gasteiger partial charge in [0.15, 0.2) is 0 Å². The normalized spacial score (nSPS) is 14.9. The molecule has 0 saturated carbocycles. The lowest BCUT2D eigenvalue weighted by Crippen LogP contribution is -2.48. The van der Waals surface area contributed by atoms with Crippen LogP contribution in [0, 0.1) is 5.92 Å². The summed E-state index contributed by atoms with van der Waals surface area (Å²) in [6.07, 6.45) is 1.35. The number of carbonyl (C=O) groups excluding carboxylic acids is 3. The quantitative estimate of drug-likeness (QED) is 0.649. The number of anilines is 1. The van der Waals surface area contributed by atoms with E-state index in [0.29, 0.717) is 50.3 Å². The van der Waals surface area contributed by atoms with Gasteiger partial charge < -0.3 is 20.0 Å². The molecule has 0 radical (unpaired) electrons. The summed E-state index contributed by atoms with van der Waals surface area (Å²) in [4.78, 5) is 43.8. The number of nitrogens with one attached hydrogen (secondary N) is 1. The number of piperidine rings is 1. The predicted octanol–water partition coefficient (Wildman–Crippen LogP) is 4.63. The smallest absolute Gasteiger partial charge is 0.319 e. The monoisotopic (exact) mass is 464 g/mol. The van der Waals surface area contributed by atoms with Crippen LogP contribution >= 0.6 is 0 Å². The zero-order chi connectivity index (χ0) is 24.7. The van der Waals surface area contributed by atoms with Gasteiger partial charge in [-0.15, -0.1) is 0 Å². The zero-order valence-electron chi connectivity index (χ0n) is 20.7. The molecule has 0 aliphatic carbocycles. The van der Waals surface area contributed by atoms with Crippen molar-refractivity contribution in [2.24, 2.45) is 5.92 Å². The summed E-state index contributed by atoms with van der Waals surface area (Å²) in [5.41, 5.74) is 2.25. The lowest BCUT2D eigenvalue weighted by molar-refractivity contribution is -0.137. The average Bonchev–Trinajstić information content (AvgIpc) is 2.88. The van der Waals surface area contributed by atoms with Crippen LogP contribution in [0.2, 0.25) is 0 Å². The highest BCUT2D eigenvalue weighted by molar-refractivity contribution is 6.04. The van der Waals surface area contributed by atoms with Crippen molar-refractivity contribution in [2.45, 2.75) is 39.7 Å². The first-order valence-electron chi connectivity index (χ1n) is 12.1. The van der Waals surface area contributed by atoms with Crippen LogP contribution in [-0.4, -0.2) is 65.8 Å². The van der Waals surface area contributed by atoms with Crippen molar-refractivity contribution in [3.8, 4) is 0 Å². The highest BCUT2D eigenvalue weighted by Gasteiger charge is 2.31. The van der Waals surface area contributed by atoms with Crippen molar-refractivity contribution in [1.82, 2.24) is 14.7 Å². The Balaban J connectivity index is 1.59. The summed E-state index contributed by atoms with van der Waals surface area (Å²) in [5, 5.41) is 2.94. The molecule has 1 aliphatic rings. The molecule has 2 aromatic rings. The van der Waals surface area contributed by atoms with Crippen molar-refractivity contribution in [2.75, 3.05) is 38.5 Å². The van der Waals surface area contributed by atoms with E-state index < -0.39 is 0 Å². The van der Waals surface area contributed by atoms with Crippen molar-refractivity contribution in [3.63, 3.8) is 0 Å².